The molecule has 7 nitrogen and oxygen atoms in total. The number of nitrogens with zero attached hydrogens (tertiary/aromatic N) is 4. The summed E-state index contributed by atoms with van der Waals surface area (Å²) in [5.41, 5.74) is -0.254. The summed E-state index contributed by atoms with van der Waals surface area (Å²) in [7, 11) is 1.84. The third-order valence-corrected chi connectivity index (χ3v) is 4.38. The molecule has 1 aliphatic rings. The minimum absolute atomic E-state index is 0. The molecule has 0 saturated heterocycles. The topological polar surface area (TPSA) is 77.7 Å². The normalized spacial score (nSPS) is 17.1. The molecular weight excluding hydrogens is 431 g/mol. The minimum Gasteiger partial charge on any atom is -0.383 e. The van der Waals surface area contributed by atoms with Crippen molar-refractivity contribution >= 4 is 29.9 Å². The van der Waals surface area contributed by atoms with Crippen molar-refractivity contribution in [2.45, 2.75) is 45.3 Å². The molecule has 25 heavy (non-hydrogen) atoms. The predicted molar refractivity (Wildman–Crippen MR) is 112 cm³/mol. The van der Waals surface area contributed by atoms with Crippen LogP contribution >= 0.6 is 24.0 Å². The zero-order valence-corrected chi connectivity index (χ0v) is 18.2. The Morgan fingerprint density at radius 1 is 1.44 bits per heavy atom. The number of aliphatic hydroxyl groups is 1. The van der Waals surface area contributed by atoms with Crippen LogP contribution in [0.4, 0.5) is 0 Å². The first kappa shape index (κ1) is 22.2. The minimum atomic E-state index is -1.03. The van der Waals surface area contributed by atoms with Gasteiger partial charge in [-0.1, -0.05) is 6.92 Å². The van der Waals surface area contributed by atoms with Gasteiger partial charge in [0.2, 0.25) is 0 Å². The van der Waals surface area contributed by atoms with Crippen LogP contribution < -0.4 is 10.6 Å². The van der Waals surface area contributed by atoms with E-state index < -0.39 is 5.60 Å². The highest BCUT2D eigenvalue weighted by atomic mass is 127. The first-order valence-electron chi connectivity index (χ1n) is 8.94. The number of hydrogen-bond donors (Lipinski definition) is 3. The summed E-state index contributed by atoms with van der Waals surface area (Å²) in [5, 5.41) is 21.3. The number of nitrogens with one attached hydrogen (secondary N) is 2. The van der Waals surface area contributed by atoms with Crippen molar-refractivity contribution in [1.82, 2.24) is 25.3 Å². The summed E-state index contributed by atoms with van der Waals surface area (Å²) < 4.78 is 1.69. The first-order chi connectivity index (χ1) is 11.5. The highest BCUT2D eigenvalue weighted by molar-refractivity contribution is 14.0. The van der Waals surface area contributed by atoms with E-state index in [2.05, 4.69) is 32.5 Å². The summed E-state index contributed by atoms with van der Waals surface area (Å²) >= 11 is 0. The van der Waals surface area contributed by atoms with Gasteiger partial charge in [-0.05, 0) is 33.2 Å². The Hall–Kier alpha value is -0.870. The van der Waals surface area contributed by atoms with Crippen LogP contribution in [0.3, 0.4) is 0 Å². The van der Waals surface area contributed by atoms with Gasteiger partial charge < -0.3 is 15.7 Å². The van der Waals surface area contributed by atoms with Crippen LogP contribution in [0.2, 0.25) is 0 Å². The number of aromatic nitrogens is 2. The van der Waals surface area contributed by atoms with Crippen molar-refractivity contribution in [2.75, 3.05) is 32.7 Å². The van der Waals surface area contributed by atoms with Gasteiger partial charge in [-0.2, -0.15) is 5.10 Å². The number of hydrogen-bond acceptors (Lipinski definition) is 4. The van der Waals surface area contributed by atoms with E-state index in [0.29, 0.717) is 0 Å². The summed E-state index contributed by atoms with van der Waals surface area (Å²) in [6.45, 7) is 10.1. The van der Waals surface area contributed by atoms with Crippen LogP contribution in [-0.2, 0) is 12.6 Å². The molecule has 1 fully saturated rings. The van der Waals surface area contributed by atoms with E-state index in [0.717, 1.165) is 43.7 Å². The van der Waals surface area contributed by atoms with Crippen LogP contribution in [0.5, 0.6) is 0 Å². The van der Waals surface area contributed by atoms with Crippen LogP contribution in [0.25, 0.3) is 0 Å². The molecule has 0 aromatic carbocycles. The highest BCUT2D eigenvalue weighted by Gasteiger charge is 2.27. The molecule has 0 radical (unpaired) electrons. The molecule has 1 atom stereocenters. The Kier molecular flexibility index (Phi) is 9.15. The van der Waals surface area contributed by atoms with E-state index in [9.17, 15) is 5.11 Å². The van der Waals surface area contributed by atoms with Crippen molar-refractivity contribution in [2.24, 2.45) is 12.0 Å². The maximum atomic E-state index is 10.6. The molecule has 0 bridgehead atoms. The maximum absolute atomic E-state index is 10.6. The lowest BCUT2D eigenvalue weighted by Crippen LogP contribution is -2.42. The lowest BCUT2D eigenvalue weighted by atomic mass is 10.0. The highest BCUT2D eigenvalue weighted by Crippen LogP contribution is 2.25. The van der Waals surface area contributed by atoms with Crippen LogP contribution in [0.15, 0.2) is 17.4 Å². The van der Waals surface area contributed by atoms with E-state index in [4.69, 9.17) is 0 Å². The molecular formula is C17H33IN6O. The number of aliphatic imine (C=N–C) groups is 1. The number of halogens is 1. The van der Waals surface area contributed by atoms with Crippen molar-refractivity contribution < 1.29 is 5.11 Å². The average molecular weight is 464 g/mol. The molecule has 1 unspecified atom stereocenters. The van der Waals surface area contributed by atoms with Crippen molar-refractivity contribution in [3.05, 3.63) is 18.0 Å². The van der Waals surface area contributed by atoms with Gasteiger partial charge in [-0.3, -0.25) is 9.58 Å². The number of aryl methyl sites for hydroxylation is 1. The molecule has 0 amide bonds. The van der Waals surface area contributed by atoms with Gasteiger partial charge in [0.15, 0.2) is 5.96 Å². The standard InChI is InChI=1S/C17H32N6O.HI/c1-5-18-16(19-9-10-23(6-2)15-7-8-15)20-13-17(3,24)14-11-21-22(4)12-14;/h11-12,15,24H,5-10,13H2,1-4H3,(H2,18,19,20);1H. The summed E-state index contributed by atoms with van der Waals surface area (Å²) in [5.74, 6) is 0.744. The molecule has 1 aromatic heterocycles. The van der Waals surface area contributed by atoms with E-state index in [1.165, 1.54) is 12.8 Å². The van der Waals surface area contributed by atoms with Gasteiger partial charge in [0.25, 0.3) is 0 Å². The van der Waals surface area contributed by atoms with E-state index >= 15 is 0 Å². The van der Waals surface area contributed by atoms with E-state index in [1.54, 1.807) is 17.8 Å². The molecule has 1 aromatic rings. The zero-order valence-electron chi connectivity index (χ0n) is 15.8. The molecule has 0 spiro atoms. The van der Waals surface area contributed by atoms with Gasteiger partial charge in [0.05, 0.1) is 12.7 Å². The molecule has 0 aliphatic heterocycles. The number of rotatable bonds is 9. The summed E-state index contributed by atoms with van der Waals surface area (Å²) in [4.78, 5) is 7.05. The van der Waals surface area contributed by atoms with Gasteiger partial charge in [0.1, 0.15) is 5.60 Å². The molecule has 2 rings (SSSR count). The van der Waals surface area contributed by atoms with Gasteiger partial charge >= 0.3 is 0 Å². The van der Waals surface area contributed by atoms with Crippen LogP contribution in [0, 0.1) is 0 Å². The third kappa shape index (κ3) is 7.10. The molecule has 8 heteroatoms. The molecule has 144 valence electrons. The Morgan fingerprint density at radius 2 is 2.16 bits per heavy atom. The van der Waals surface area contributed by atoms with Crippen molar-refractivity contribution in [3.8, 4) is 0 Å². The molecule has 1 aliphatic carbocycles. The largest absolute Gasteiger partial charge is 0.383 e. The van der Waals surface area contributed by atoms with E-state index in [1.807, 2.05) is 20.2 Å². The fourth-order valence-corrected chi connectivity index (χ4v) is 2.72. The second-order valence-electron chi connectivity index (χ2n) is 6.66. The second kappa shape index (κ2) is 10.3. The van der Waals surface area contributed by atoms with Crippen molar-refractivity contribution in [3.63, 3.8) is 0 Å². The number of likely N-dealkylation sites (N-methyl/N-ethyl adjacent to an activating group) is 1. The predicted octanol–water partition coefficient (Wildman–Crippen LogP) is 1.28. The quantitative estimate of drug-likeness (QED) is 0.292. The maximum Gasteiger partial charge on any atom is 0.191 e. The Bertz CT molecular complexity index is 541. The van der Waals surface area contributed by atoms with E-state index in [-0.39, 0.29) is 30.5 Å². The lowest BCUT2D eigenvalue weighted by Gasteiger charge is -2.22. The Morgan fingerprint density at radius 3 is 2.68 bits per heavy atom. The molecule has 1 saturated carbocycles. The third-order valence-electron chi connectivity index (χ3n) is 4.38. The Balaban J connectivity index is 0.00000312. The monoisotopic (exact) mass is 464 g/mol. The fourth-order valence-electron chi connectivity index (χ4n) is 2.72. The fraction of sp³-hybridized carbons (Fsp3) is 0.765. The summed E-state index contributed by atoms with van der Waals surface area (Å²) in [6.07, 6.45) is 6.17. The zero-order chi connectivity index (χ0) is 17.6. The van der Waals surface area contributed by atoms with Crippen molar-refractivity contribution in [1.29, 1.82) is 0 Å². The average Bonchev–Trinajstić information content (AvgIpc) is 3.29. The second-order valence-corrected chi connectivity index (χ2v) is 6.66. The number of guanidine groups is 1. The lowest BCUT2D eigenvalue weighted by molar-refractivity contribution is 0.0672. The first-order valence-corrected chi connectivity index (χ1v) is 8.94. The SMILES string of the molecule is CCNC(=NCC(C)(O)c1cnn(C)c1)NCCN(CC)C1CC1.I. The Labute approximate surface area is 168 Å². The van der Waals surface area contributed by atoms with Crippen LogP contribution in [-0.4, -0.2) is 64.5 Å². The van der Waals surface area contributed by atoms with Gasteiger partial charge in [-0.15, -0.1) is 24.0 Å². The van der Waals surface area contributed by atoms with Gasteiger partial charge in [-0.25, -0.2) is 4.99 Å². The summed E-state index contributed by atoms with van der Waals surface area (Å²) in [6, 6.07) is 0.780. The molecule has 3 N–H and O–H groups in total. The van der Waals surface area contributed by atoms with Crippen LogP contribution in [0.1, 0.15) is 39.2 Å². The van der Waals surface area contributed by atoms with Gasteiger partial charge in [0, 0.05) is 44.5 Å². The molecule has 1 heterocycles. The smallest absolute Gasteiger partial charge is 0.191 e.